The summed E-state index contributed by atoms with van der Waals surface area (Å²) in [5.41, 5.74) is 0.364. The molecule has 3 N–H and O–H groups in total. The van der Waals surface area contributed by atoms with Crippen LogP contribution in [0.5, 0.6) is 5.75 Å². The number of carbonyl (C=O) groups is 2. The second-order valence-electron chi connectivity index (χ2n) is 9.12. The van der Waals surface area contributed by atoms with Crippen molar-refractivity contribution in [3.63, 3.8) is 0 Å². The van der Waals surface area contributed by atoms with Gasteiger partial charge in [0.1, 0.15) is 18.2 Å². The number of benzene rings is 3. The molecule has 0 aliphatic carbocycles. The van der Waals surface area contributed by atoms with Crippen LogP contribution in [0.25, 0.3) is 11.1 Å². The van der Waals surface area contributed by atoms with Crippen LogP contribution in [0, 0.1) is 11.7 Å². The Morgan fingerprint density at radius 3 is 2.23 bits per heavy atom. The number of anilines is 1. The van der Waals surface area contributed by atoms with Crippen molar-refractivity contribution < 1.29 is 37.0 Å². The first-order valence-electron chi connectivity index (χ1n) is 12.0. The molecule has 6 nitrogen and oxygen atoms in total. The molecule has 0 fully saturated rings. The van der Waals surface area contributed by atoms with Crippen molar-refractivity contribution >= 4 is 29.2 Å². The number of carbonyl (C=O) groups excluding carboxylic acids is 1. The topological polar surface area (TPSA) is 87.7 Å². The van der Waals surface area contributed by atoms with Crippen LogP contribution in [0.1, 0.15) is 36.2 Å². The van der Waals surface area contributed by atoms with Crippen molar-refractivity contribution in [1.29, 1.82) is 0 Å². The minimum absolute atomic E-state index is 0.0277. The lowest BCUT2D eigenvalue weighted by Gasteiger charge is -2.24. The van der Waals surface area contributed by atoms with Crippen LogP contribution < -0.4 is 15.4 Å². The summed E-state index contributed by atoms with van der Waals surface area (Å²) >= 11 is 6.01. The Hall–Kier alpha value is -3.79. The third-order valence-corrected chi connectivity index (χ3v) is 6.20. The fourth-order valence-electron chi connectivity index (χ4n) is 3.62. The van der Waals surface area contributed by atoms with Gasteiger partial charge in [0.15, 0.2) is 0 Å². The van der Waals surface area contributed by atoms with E-state index in [1.165, 1.54) is 12.1 Å². The average molecular weight is 567 g/mol. The summed E-state index contributed by atoms with van der Waals surface area (Å²) < 4.78 is 59.4. The molecular formula is C28H27ClF4N2O4. The molecular weight excluding hydrogens is 540 g/mol. The average Bonchev–Trinajstić information content (AvgIpc) is 2.86. The van der Waals surface area contributed by atoms with Gasteiger partial charge in [0, 0.05) is 40.0 Å². The molecule has 0 spiro atoms. The van der Waals surface area contributed by atoms with Gasteiger partial charge < -0.3 is 20.5 Å². The molecule has 1 atom stereocenters. The molecule has 0 aliphatic rings. The molecule has 1 unspecified atom stereocenters. The van der Waals surface area contributed by atoms with Gasteiger partial charge in [0.05, 0.1) is 18.0 Å². The summed E-state index contributed by atoms with van der Waals surface area (Å²) in [6, 6.07) is 13.3. The number of hydrogen-bond acceptors (Lipinski definition) is 4. The van der Waals surface area contributed by atoms with Crippen LogP contribution in [0.2, 0.25) is 5.02 Å². The lowest BCUT2D eigenvalue weighted by atomic mass is 10.0. The van der Waals surface area contributed by atoms with Gasteiger partial charge in [0.2, 0.25) is 0 Å². The fraction of sp³-hybridized carbons (Fsp3) is 0.286. The summed E-state index contributed by atoms with van der Waals surface area (Å²) in [6.45, 7) is 4.15. The minimum Gasteiger partial charge on any atom is -0.491 e. The summed E-state index contributed by atoms with van der Waals surface area (Å²) in [4.78, 5) is 22.7. The van der Waals surface area contributed by atoms with Crippen molar-refractivity contribution in [2.75, 3.05) is 18.5 Å². The molecule has 0 aromatic heterocycles. The van der Waals surface area contributed by atoms with Gasteiger partial charge in [-0.15, -0.1) is 0 Å². The first kappa shape index (κ1) is 29.8. The van der Waals surface area contributed by atoms with E-state index in [0.29, 0.717) is 5.56 Å². The predicted molar refractivity (Wildman–Crippen MR) is 141 cm³/mol. The SMILES string of the molecule is CC(C)C(COc1ccc(-c2ccc(C(F)(F)F)cc2Cl)c(F)c1)Nc1ccc(C(=O)NCCC(=O)O)cc1. The van der Waals surface area contributed by atoms with E-state index >= 15 is 0 Å². The van der Waals surface area contributed by atoms with E-state index in [1.54, 1.807) is 24.3 Å². The van der Waals surface area contributed by atoms with Crippen LogP contribution in [0.3, 0.4) is 0 Å². The van der Waals surface area contributed by atoms with Gasteiger partial charge in [-0.1, -0.05) is 31.5 Å². The Morgan fingerprint density at radius 1 is 1.00 bits per heavy atom. The van der Waals surface area contributed by atoms with Gasteiger partial charge in [-0.2, -0.15) is 13.2 Å². The molecule has 3 aromatic carbocycles. The molecule has 3 aromatic rings. The number of halogens is 5. The number of amides is 1. The van der Waals surface area contributed by atoms with Crippen molar-refractivity contribution in [3.05, 3.63) is 82.6 Å². The van der Waals surface area contributed by atoms with Crippen LogP contribution in [0.15, 0.2) is 60.7 Å². The second-order valence-corrected chi connectivity index (χ2v) is 9.52. The fourth-order valence-corrected chi connectivity index (χ4v) is 3.90. The first-order chi connectivity index (χ1) is 18.3. The van der Waals surface area contributed by atoms with E-state index in [1.807, 2.05) is 13.8 Å². The number of aliphatic carboxylic acids is 1. The zero-order valence-corrected chi connectivity index (χ0v) is 21.9. The highest BCUT2D eigenvalue weighted by Gasteiger charge is 2.31. The van der Waals surface area contributed by atoms with Crippen molar-refractivity contribution in [2.45, 2.75) is 32.5 Å². The maximum atomic E-state index is 14.9. The highest BCUT2D eigenvalue weighted by Crippen LogP contribution is 2.37. The van der Waals surface area contributed by atoms with Gasteiger partial charge in [-0.05, 0) is 54.4 Å². The maximum absolute atomic E-state index is 14.9. The van der Waals surface area contributed by atoms with Crippen LogP contribution in [0.4, 0.5) is 23.2 Å². The van der Waals surface area contributed by atoms with E-state index in [9.17, 15) is 27.2 Å². The molecule has 0 heterocycles. The van der Waals surface area contributed by atoms with Gasteiger partial charge in [-0.3, -0.25) is 9.59 Å². The molecule has 208 valence electrons. The van der Waals surface area contributed by atoms with E-state index in [4.69, 9.17) is 21.4 Å². The van der Waals surface area contributed by atoms with Gasteiger partial charge in [-0.25, -0.2) is 4.39 Å². The standard InChI is InChI=1S/C28H27ClF4N2O4/c1-16(2)25(35-19-6-3-17(4-7-19)27(38)34-12-11-26(36)37)15-39-20-8-10-22(24(30)14-20)21-9-5-18(13-23(21)29)28(31,32)33/h3-10,13-14,16,25,35H,11-12,15H2,1-2H3,(H,34,38)(H,36,37). The summed E-state index contributed by atoms with van der Waals surface area (Å²) in [7, 11) is 0. The lowest BCUT2D eigenvalue weighted by molar-refractivity contribution is -0.138. The molecule has 0 bridgehead atoms. The number of ether oxygens (including phenoxy) is 1. The highest BCUT2D eigenvalue weighted by atomic mass is 35.5. The molecule has 11 heteroatoms. The van der Waals surface area contributed by atoms with Crippen molar-refractivity contribution in [3.8, 4) is 16.9 Å². The molecule has 0 saturated heterocycles. The smallest absolute Gasteiger partial charge is 0.416 e. The number of rotatable bonds is 11. The highest BCUT2D eigenvalue weighted by molar-refractivity contribution is 6.33. The number of hydrogen-bond donors (Lipinski definition) is 3. The zero-order valence-electron chi connectivity index (χ0n) is 21.1. The van der Waals surface area contributed by atoms with E-state index in [-0.39, 0.29) is 59.3 Å². The predicted octanol–water partition coefficient (Wildman–Crippen LogP) is 6.88. The minimum atomic E-state index is -4.56. The van der Waals surface area contributed by atoms with Crippen LogP contribution in [-0.2, 0) is 11.0 Å². The summed E-state index contributed by atoms with van der Waals surface area (Å²) in [5.74, 6) is -1.73. The Bertz CT molecular complexity index is 1310. The zero-order chi connectivity index (χ0) is 28.7. The Labute approximate surface area is 227 Å². The van der Waals surface area contributed by atoms with E-state index in [0.717, 1.165) is 30.0 Å². The van der Waals surface area contributed by atoms with Gasteiger partial charge in [0.25, 0.3) is 5.91 Å². The largest absolute Gasteiger partial charge is 0.491 e. The Kier molecular flexibility index (Phi) is 9.80. The molecule has 0 radical (unpaired) electrons. The number of carboxylic acid groups (broad SMARTS) is 1. The quantitative estimate of drug-likeness (QED) is 0.220. The summed E-state index contributed by atoms with van der Waals surface area (Å²) in [5, 5.41) is 14.3. The summed E-state index contributed by atoms with van der Waals surface area (Å²) in [6.07, 6.45) is -4.73. The lowest BCUT2D eigenvalue weighted by Crippen LogP contribution is -2.32. The molecule has 39 heavy (non-hydrogen) atoms. The Morgan fingerprint density at radius 2 is 1.67 bits per heavy atom. The van der Waals surface area contributed by atoms with Crippen LogP contribution >= 0.6 is 11.6 Å². The number of alkyl halides is 3. The number of carboxylic acids is 1. The number of nitrogens with one attached hydrogen (secondary N) is 2. The molecule has 0 saturated carbocycles. The van der Waals surface area contributed by atoms with Crippen molar-refractivity contribution in [2.24, 2.45) is 5.92 Å². The van der Waals surface area contributed by atoms with Crippen LogP contribution in [-0.4, -0.2) is 36.2 Å². The Balaban J connectivity index is 1.63. The van der Waals surface area contributed by atoms with E-state index < -0.39 is 23.5 Å². The second kappa shape index (κ2) is 12.8. The monoisotopic (exact) mass is 566 g/mol. The normalized spacial score (nSPS) is 12.2. The third-order valence-electron chi connectivity index (χ3n) is 5.89. The van der Waals surface area contributed by atoms with E-state index in [2.05, 4.69) is 10.6 Å². The van der Waals surface area contributed by atoms with Crippen molar-refractivity contribution in [1.82, 2.24) is 5.32 Å². The van der Waals surface area contributed by atoms with Gasteiger partial charge >= 0.3 is 12.1 Å². The first-order valence-corrected chi connectivity index (χ1v) is 12.4. The molecule has 1 amide bonds. The molecule has 0 aliphatic heterocycles. The third kappa shape index (κ3) is 8.35. The molecule has 3 rings (SSSR count). The maximum Gasteiger partial charge on any atom is 0.416 e.